The molecule has 0 spiro atoms. The number of allylic oxidation sites excluding steroid dienone is 2. The van der Waals surface area contributed by atoms with Gasteiger partial charge in [0.1, 0.15) is 17.9 Å². The van der Waals surface area contributed by atoms with Gasteiger partial charge in [0.05, 0.1) is 24.6 Å². The Kier molecular flexibility index (Phi) is 7.19. The highest BCUT2D eigenvalue weighted by atomic mass is 79.9. The number of Topliss-reactive ketones (excluding diaryl/α,β-unsaturated/α-hetero) is 1. The number of hydrogen-bond donors (Lipinski definition) is 1. The van der Waals surface area contributed by atoms with Gasteiger partial charge in [-0.05, 0) is 57.7 Å². The summed E-state index contributed by atoms with van der Waals surface area (Å²) in [5, 5.41) is 0.642. The van der Waals surface area contributed by atoms with Crippen LogP contribution in [0.3, 0.4) is 0 Å². The summed E-state index contributed by atoms with van der Waals surface area (Å²) >= 11 is 9.52. The fourth-order valence-corrected chi connectivity index (χ4v) is 4.88. The Labute approximate surface area is 210 Å². The van der Waals surface area contributed by atoms with Gasteiger partial charge in [0.15, 0.2) is 17.3 Å². The highest BCUT2D eigenvalue weighted by Crippen LogP contribution is 2.47. The van der Waals surface area contributed by atoms with E-state index in [2.05, 4.69) is 15.9 Å². The maximum absolute atomic E-state index is 12.9. The summed E-state index contributed by atoms with van der Waals surface area (Å²) in [5.74, 6) is -0.163. The molecule has 2 aromatic carbocycles. The van der Waals surface area contributed by atoms with Crippen molar-refractivity contribution in [1.29, 1.82) is 0 Å². The summed E-state index contributed by atoms with van der Waals surface area (Å²) in [5.41, 5.74) is 8.19. The first-order valence-corrected chi connectivity index (χ1v) is 11.8. The van der Waals surface area contributed by atoms with E-state index < -0.39 is 11.9 Å². The third-order valence-electron chi connectivity index (χ3n) is 5.77. The molecular weight excluding hydrogens is 526 g/mol. The smallest absolute Gasteiger partial charge is 0.340 e. The number of rotatable bonds is 6. The van der Waals surface area contributed by atoms with Crippen LogP contribution in [0.1, 0.15) is 36.3 Å². The van der Waals surface area contributed by atoms with Crippen LogP contribution in [-0.2, 0) is 25.7 Å². The number of nitrogens with two attached hydrogens (primary N) is 1. The van der Waals surface area contributed by atoms with E-state index >= 15 is 0 Å². The Morgan fingerprint density at radius 1 is 1.21 bits per heavy atom. The van der Waals surface area contributed by atoms with E-state index in [0.29, 0.717) is 57.2 Å². The van der Waals surface area contributed by atoms with E-state index in [4.69, 9.17) is 36.3 Å². The van der Waals surface area contributed by atoms with E-state index in [1.54, 1.807) is 24.3 Å². The van der Waals surface area contributed by atoms with Crippen molar-refractivity contribution in [2.75, 3.05) is 14.2 Å². The number of halogens is 2. The van der Waals surface area contributed by atoms with Crippen molar-refractivity contribution >= 4 is 39.3 Å². The lowest BCUT2D eigenvalue weighted by Gasteiger charge is -2.32. The molecule has 34 heavy (non-hydrogen) atoms. The first kappa shape index (κ1) is 24.2. The van der Waals surface area contributed by atoms with Crippen LogP contribution in [0.25, 0.3) is 0 Å². The second kappa shape index (κ2) is 10.1. The van der Waals surface area contributed by atoms with E-state index in [0.717, 1.165) is 5.56 Å². The molecule has 9 heteroatoms. The van der Waals surface area contributed by atoms with Gasteiger partial charge < -0.3 is 24.7 Å². The van der Waals surface area contributed by atoms with Crippen LogP contribution in [0.2, 0.25) is 5.02 Å². The third-order valence-corrected chi connectivity index (χ3v) is 6.61. The molecule has 0 radical (unpaired) electrons. The lowest BCUT2D eigenvalue weighted by molar-refractivity contribution is -0.136. The molecule has 1 atom stereocenters. The summed E-state index contributed by atoms with van der Waals surface area (Å²) < 4.78 is 22.9. The summed E-state index contributed by atoms with van der Waals surface area (Å²) in [6.45, 7) is 0.288. The molecule has 1 aliphatic heterocycles. The van der Waals surface area contributed by atoms with Crippen molar-refractivity contribution in [1.82, 2.24) is 0 Å². The molecule has 2 aromatic rings. The van der Waals surface area contributed by atoms with Gasteiger partial charge in [-0.2, -0.15) is 0 Å². The zero-order valence-corrected chi connectivity index (χ0v) is 21.0. The van der Waals surface area contributed by atoms with Crippen LogP contribution >= 0.6 is 27.5 Å². The van der Waals surface area contributed by atoms with Crippen LogP contribution in [-0.4, -0.2) is 26.0 Å². The van der Waals surface area contributed by atoms with Crippen molar-refractivity contribution in [2.45, 2.75) is 31.8 Å². The lowest BCUT2D eigenvalue weighted by Crippen LogP contribution is -2.31. The number of ether oxygens (including phenoxy) is 4. The minimum absolute atomic E-state index is 0.0662. The van der Waals surface area contributed by atoms with Crippen LogP contribution in [0.5, 0.6) is 11.5 Å². The summed E-state index contributed by atoms with van der Waals surface area (Å²) in [7, 11) is 2.78. The predicted octanol–water partition coefficient (Wildman–Crippen LogP) is 5.15. The molecule has 1 aliphatic carbocycles. The minimum Gasteiger partial charge on any atom is -0.493 e. The van der Waals surface area contributed by atoms with Crippen LogP contribution in [0.4, 0.5) is 0 Å². The van der Waals surface area contributed by atoms with Crippen LogP contribution in [0.15, 0.2) is 63.7 Å². The van der Waals surface area contributed by atoms with Gasteiger partial charge in [0.25, 0.3) is 0 Å². The molecule has 0 unspecified atom stereocenters. The molecule has 2 N–H and O–H groups in total. The molecule has 0 aromatic heterocycles. The van der Waals surface area contributed by atoms with Gasteiger partial charge >= 0.3 is 5.97 Å². The van der Waals surface area contributed by atoms with Gasteiger partial charge in [-0.3, -0.25) is 4.79 Å². The summed E-state index contributed by atoms with van der Waals surface area (Å²) in [4.78, 5) is 25.6. The predicted molar refractivity (Wildman–Crippen MR) is 129 cm³/mol. The second-order valence-electron chi connectivity index (χ2n) is 7.87. The highest BCUT2D eigenvalue weighted by Gasteiger charge is 2.41. The van der Waals surface area contributed by atoms with Crippen LogP contribution in [0, 0.1) is 0 Å². The topological polar surface area (TPSA) is 97.1 Å². The molecule has 0 fully saturated rings. The second-order valence-corrected chi connectivity index (χ2v) is 9.16. The maximum Gasteiger partial charge on any atom is 0.340 e. The quantitative estimate of drug-likeness (QED) is 0.498. The number of carbonyl (C=O) groups excluding carboxylic acids is 2. The fraction of sp³-hybridized carbons (Fsp3) is 0.280. The molecule has 0 saturated heterocycles. The first-order valence-electron chi connectivity index (χ1n) is 10.6. The largest absolute Gasteiger partial charge is 0.493 e. The SMILES string of the molecule is COC(=O)C1=C(N)OC2=C(C(=O)CCC2)[C@@H]1c1cc(Br)c(OCc2ccc(Cl)cc2)c(OC)c1. The first-order chi connectivity index (χ1) is 16.3. The molecule has 1 heterocycles. The van der Waals surface area contributed by atoms with Gasteiger partial charge in [-0.1, -0.05) is 23.7 Å². The number of methoxy groups -OCH3 is 2. The normalized spacial score (nSPS) is 17.8. The summed E-state index contributed by atoms with van der Waals surface area (Å²) in [6, 6.07) is 10.9. The molecular formula is C25H23BrClNO6. The number of esters is 1. The maximum atomic E-state index is 12.9. The molecule has 178 valence electrons. The van der Waals surface area contributed by atoms with Gasteiger partial charge in [-0.25, -0.2) is 4.79 Å². The zero-order valence-electron chi connectivity index (χ0n) is 18.7. The Morgan fingerprint density at radius 2 is 1.94 bits per heavy atom. The van der Waals surface area contributed by atoms with E-state index in [1.807, 2.05) is 12.1 Å². The average Bonchev–Trinajstić information content (AvgIpc) is 2.82. The monoisotopic (exact) mass is 547 g/mol. The number of ketones is 1. The Morgan fingerprint density at radius 3 is 2.62 bits per heavy atom. The Bertz CT molecular complexity index is 1200. The standard InChI is InChI=1S/C25H23BrClNO6/c1-31-19-11-14(10-16(26)23(19)33-12-13-6-8-15(27)9-7-13)20-21-17(29)4-3-5-18(21)34-24(28)22(20)25(30)32-2/h6-11,20H,3-5,12,28H2,1-2H3/t20-/m0/s1. The van der Waals surface area contributed by atoms with Crippen molar-refractivity contribution in [3.63, 3.8) is 0 Å². The molecule has 2 aliphatic rings. The van der Waals surface area contributed by atoms with E-state index in [9.17, 15) is 9.59 Å². The molecule has 0 amide bonds. The van der Waals surface area contributed by atoms with Crippen molar-refractivity contribution < 1.29 is 28.5 Å². The fourth-order valence-electron chi connectivity index (χ4n) is 4.18. The van der Waals surface area contributed by atoms with E-state index in [-0.39, 0.29) is 23.8 Å². The lowest BCUT2D eigenvalue weighted by atomic mass is 9.77. The van der Waals surface area contributed by atoms with Crippen molar-refractivity contribution in [2.24, 2.45) is 5.73 Å². The zero-order chi connectivity index (χ0) is 24.4. The Hall–Kier alpha value is -2.97. The van der Waals surface area contributed by atoms with Gasteiger partial charge in [0, 0.05) is 23.4 Å². The van der Waals surface area contributed by atoms with Crippen LogP contribution < -0.4 is 15.2 Å². The number of carbonyl (C=O) groups is 2. The highest BCUT2D eigenvalue weighted by molar-refractivity contribution is 9.10. The number of benzene rings is 2. The molecule has 7 nitrogen and oxygen atoms in total. The molecule has 4 rings (SSSR count). The third kappa shape index (κ3) is 4.65. The average molecular weight is 549 g/mol. The Balaban J connectivity index is 1.76. The van der Waals surface area contributed by atoms with Crippen molar-refractivity contribution in [3.05, 3.63) is 79.8 Å². The van der Waals surface area contributed by atoms with Crippen molar-refractivity contribution in [3.8, 4) is 11.5 Å². The summed E-state index contributed by atoms with van der Waals surface area (Å²) in [6.07, 6.45) is 1.59. The molecule has 0 saturated carbocycles. The number of hydrogen-bond acceptors (Lipinski definition) is 7. The molecule has 0 bridgehead atoms. The minimum atomic E-state index is -0.750. The van der Waals surface area contributed by atoms with E-state index in [1.165, 1.54) is 14.2 Å². The van der Waals surface area contributed by atoms with Gasteiger partial charge in [-0.15, -0.1) is 0 Å². The van der Waals surface area contributed by atoms with Gasteiger partial charge in [0.2, 0.25) is 5.88 Å².